The van der Waals surface area contributed by atoms with Crippen LogP contribution < -0.4 is 9.05 Å². The van der Waals surface area contributed by atoms with Gasteiger partial charge in [-0.3, -0.25) is 14.9 Å². The average molecular weight is 534 g/mol. The minimum atomic E-state index is -4.24. The highest BCUT2D eigenvalue weighted by molar-refractivity contribution is 7.59. The van der Waals surface area contributed by atoms with Crippen LogP contribution in [0.4, 0.5) is 5.69 Å². The van der Waals surface area contributed by atoms with Crippen LogP contribution in [0.2, 0.25) is 0 Å². The van der Waals surface area contributed by atoms with Crippen LogP contribution in [0.3, 0.4) is 0 Å². The van der Waals surface area contributed by atoms with Gasteiger partial charge in [0.1, 0.15) is 29.1 Å². The SMILES string of the molecule is C[C@H]1C(P(=O)(Oc2ccccc2)Oc2ccccc2)=C(C(=O)OCc2ccc([N+](=O)[O-])cc2)N2C(=O)C[C@@H]12. The summed E-state index contributed by atoms with van der Waals surface area (Å²) in [7, 11) is -4.24. The van der Waals surface area contributed by atoms with Gasteiger partial charge in [0.05, 0.1) is 11.0 Å². The smallest absolute Gasteiger partial charge is 0.456 e. The first-order valence-corrected chi connectivity index (χ1v) is 13.4. The molecule has 2 atom stereocenters. The Morgan fingerprint density at radius 1 is 0.974 bits per heavy atom. The predicted octanol–water partition coefficient (Wildman–Crippen LogP) is 5.45. The average Bonchev–Trinajstić information content (AvgIpc) is 3.15. The lowest BCUT2D eigenvalue weighted by atomic mass is 9.94. The van der Waals surface area contributed by atoms with Gasteiger partial charge < -0.3 is 18.7 Å². The van der Waals surface area contributed by atoms with Crippen molar-refractivity contribution in [3.8, 4) is 11.5 Å². The number of carbonyl (C=O) groups is 2. The first kappa shape index (κ1) is 25.2. The van der Waals surface area contributed by atoms with E-state index in [9.17, 15) is 24.3 Å². The highest BCUT2D eigenvalue weighted by atomic mass is 31.2. The summed E-state index contributed by atoms with van der Waals surface area (Å²) in [6.07, 6.45) is 0.181. The van der Waals surface area contributed by atoms with Gasteiger partial charge in [-0.1, -0.05) is 43.3 Å². The van der Waals surface area contributed by atoms with Gasteiger partial charge in [-0.2, -0.15) is 0 Å². The molecule has 3 aromatic rings. The summed E-state index contributed by atoms with van der Waals surface area (Å²) in [6.45, 7) is 1.56. The quantitative estimate of drug-likeness (QED) is 0.117. The minimum absolute atomic E-state index is 0.0646. The molecule has 0 saturated carbocycles. The summed E-state index contributed by atoms with van der Waals surface area (Å²) in [5.74, 6) is -1.14. The number of carbonyl (C=O) groups excluding carboxylic acids is 2. The van der Waals surface area contributed by atoms with Crippen molar-refractivity contribution in [2.45, 2.75) is 26.0 Å². The second kappa shape index (κ2) is 10.1. The Kier molecular flexibility index (Phi) is 6.73. The van der Waals surface area contributed by atoms with Crippen LogP contribution in [0.15, 0.2) is 95.9 Å². The van der Waals surface area contributed by atoms with Crippen molar-refractivity contribution >= 4 is 25.2 Å². The van der Waals surface area contributed by atoms with Crippen LogP contribution in [0.1, 0.15) is 18.9 Å². The number of rotatable bonds is 9. The lowest BCUT2D eigenvalue weighted by molar-refractivity contribution is -0.384. The summed E-state index contributed by atoms with van der Waals surface area (Å²) in [6, 6.07) is 22.0. The van der Waals surface area contributed by atoms with E-state index in [4.69, 9.17) is 13.8 Å². The molecule has 2 heterocycles. The zero-order valence-electron chi connectivity index (χ0n) is 20.3. The first-order chi connectivity index (χ1) is 18.3. The largest absolute Gasteiger partial charge is 0.461 e. The van der Waals surface area contributed by atoms with Gasteiger partial charge in [-0.15, -0.1) is 0 Å². The molecule has 0 aliphatic carbocycles. The maximum absolute atomic E-state index is 14.6. The van der Waals surface area contributed by atoms with Crippen molar-refractivity contribution < 1.29 is 32.9 Å². The first-order valence-electron chi connectivity index (χ1n) is 11.8. The topological polar surface area (TPSA) is 125 Å². The molecule has 3 aromatic carbocycles. The van der Waals surface area contributed by atoms with Gasteiger partial charge in [-0.25, -0.2) is 9.36 Å². The van der Waals surface area contributed by atoms with Gasteiger partial charge in [0.25, 0.3) is 5.69 Å². The molecule has 0 aromatic heterocycles. The third kappa shape index (κ3) is 4.78. The van der Waals surface area contributed by atoms with E-state index in [0.717, 1.165) is 0 Å². The number of nitro groups is 1. The molecule has 0 unspecified atom stereocenters. The number of nitro benzene ring substituents is 1. The van der Waals surface area contributed by atoms with E-state index in [1.165, 1.54) is 29.2 Å². The number of ether oxygens (including phenoxy) is 1. The van der Waals surface area contributed by atoms with Crippen LogP contribution in [0, 0.1) is 16.0 Å². The maximum atomic E-state index is 14.6. The molecule has 194 valence electrons. The molecule has 1 amide bonds. The number of benzene rings is 3. The molecular formula is C27H23N2O8P. The molecule has 0 spiro atoms. The number of para-hydroxylation sites is 2. The fourth-order valence-corrected chi connectivity index (χ4v) is 6.69. The number of fused-ring (bicyclic) bond motifs is 1. The maximum Gasteiger partial charge on any atom is 0.461 e. The van der Waals surface area contributed by atoms with Gasteiger partial charge in [0.2, 0.25) is 5.91 Å². The van der Waals surface area contributed by atoms with E-state index in [2.05, 4.69) is 0 Å². The van der Waals surface area contributed by atoms with Gasteiger partial charge >= 0.3 is 13.6 Å². The fraction of sp³-hybridized carbons (Fsp3) is 0.185. The van der Waals surface area contributed by atoms with Crippen molar-refractivity contribution in [1.29, 1.82) is 0 Å². The van der Waals surface area contributed by atoms with E-state index in [-0.39, 0.29) is 53.2 Å². The number of nitrogens with zero attached hydrogens (tertiary/aromatic N) is 2. The van der Waals surface area contributed by atoms with Crippen LogP contribution >= 0.6 is 7.60 Å². The molecule has 10 nitrogen and oxygen atoms in total. The van der Waals surface area contributed by atoms with E-state index < -0.39 is 24.4 Å². The van der Waals surface area contributed by atoms with Crippen molar-refractivity contribution in [2.75, 3.05) is 0 Å². The number of β-lactam (4-membered cyclic amide) rings is 1. The Morgan fingerprint density at radius 2 is 1.53 bits per heavy atom. The standard InChI is InChI=1S/C27H23N2O8P/c1-18-23-16-24(30)28(23)25(27(31)35-17-19-12-14-20(15-13-19)29(32)33)26(18)38(34,36-21-8-4-2-5-9-21)37-22-10-6-3-7-11-22/h2-15,18,23H,16-17H2,1H3/t18-,23+/m1/s1. The third-order valence-corrected chi connectivity index (χ3v) is 8.53. The van der Waals surface area contributed by atoms with Crippen molar-refractivity contribution in [2.24, 2.45) is 5.92 Å². The Balaban J connectivity index is 1.52. The molecule has 1 fully saturated rings. The van der Waals surface area contributed by atoms with Crippen LogP contribution in [0.25, 0.3) is 0 Å². The molecule has 5 rings (SSSR count). The van der Waals surface area contributed by atoms with E-state index >= 15 is 0 Å². The molecule has 0 radical (unpaired) electrons. The normalized spacial score (nSPS) is 18.4. The Hall–Kier alpha value is -4.43. The lowest BCUT2D eigenvalue weighted by Gasteiger charge is -2.37. The minimum Gasteiger partial charge on any atom is -0.456 e. The van der Waals surface area contributed by atoms with Gasteiger partial charge in [0, 0.05) is 24.5 Å². The van der Waals surface area contributed by atoms with Crippen molar-refractivity contribution in [3.63, 3.8) is 0 Å². The number of amides is 1. The number of esters is 1. The Labute approximate surface area is 218 Å². The molecule has 38 heavy (non-hydrogen) atoms. The number of hydrogen-bond acceptors (Lipinski definition) is 8. The zero-order chi connectivity index (χ0) is 26.9. The van der Waals surface area contributed by atoms with Crippen molar-refractivity contribution in [3.05, 3.63) is 112 Å². The molecule has 2 aliphatic heterocycles. The number of non-ortho nitro benzene ring substituents is 1. The van der Waals surface area contributed by atoms with Crippen LogP contribution in [0.5, 0.6) is 11.5 Å². The molecule has 1 saturated heterocycles. The highest BCUT2D eigenvalue weighted by Gasteiger charge is 2.58. The summed E-state index contributed by atoms with van der Waals surface area (Å²) < 4.78 is 32.0. The van der Waals surface area contributed by atoms with E-state index in [1.54, 1.807) is 67.6 Å². The molecule has 2 aliphatic rings. The fourth-order valence-electron chi connectivity index (χ4n) is 4.52. The highest BCUT2D eigenvalue weighted by Crippen LogP contribution is 2.64. The molecular weight excluding hydrogens is 511 g/mol. The second-order valence-corrected chi connectivity index (χ2v) is 10.7. The zero-order valence-corrected chi connectivity index (χ0v) is 21.2. The lowest BCUT2D eigenvalue weighted by Crippen LogP contribution is -2.51. The monoisotopic (exact) mass is 534 g/mol. The Morgan fingerprint density at radius 3 is 2.03 bits per heavy atom. The van der Waals surface area contributed by atoms with Crippen molar-refractivity contribution in [1.82, 2.24) is 4.90 Å². The Bertz CT molecular complexity index is 1410. The second-order valence-electron chi connectivity index (χ2n) is 8.86. The van der Waals surface area contributed by atoms with Gasteiger partial charge in [0.15, 0.2) is 0 Å². The molecule has 0 N–H and O–H groups in total. The van der Waals surface area contributed by atoms with Crippen LogP contribution in [-0.2, 0) is 25.5 Å². The summed E-state index contributed by atoms with van der Waals surface area (Å²) in [5.41, 5.74) is 0.254. The summed E-state index contributed by atoms with van der Waals surface area (Å²) in [4.78, 5) is 37.7. The van der Waals surface area contributed by atoms with E-state index in [1.807, 2.05) is 0 Å². The predicted molar refractivity (Wildman–Crippen MR) is 136 cm³/mol. The van der Waals surface area contributed by atoms with Crippen LogP contribution in [-0.4, -0.2) is 27.7 Å². The summed E-state index contributed by atoms with van der Waals surface area (Å²) in [5, 5.41) is 11.0. The summed E-state index contributed by atoms with van der Waals surface area (Å²) >= 11 is 0. The third-order valence-electron chi connectivity index (χ3n) is 6.42. The van der Waals surface area contributed by atoms with E-state index in [0.29, 0.717) is 5.56 Å². The molecule has 0 bridgehead atoms. The van der Waals surface area contributed by atoms with Gasteiger partial charge in [-0.05, 0) is 42.0 Å². The molecule has 11 heteroatoms. The number of hydrogen-bond donors (Lipinski definition) is 0.